The van der Waals surface area contributed by atoms with E-state index in [1.165, 1.54) is 0 Å². The monoisotopic (exact) mass is 203 g/mol. The van der Waals surface area contributed by atoms with Crippen LogP contribution in [0.2, 0.25) is 0 Å². The molecule has 0 heterocycles. The molecule has 0 aromatic rings. The van der Waals surface area contributed by atoms with Crippen LogP contribution in [0.4, 0.5) is 4.79 Å². The number of rotatable bonds is 6. The molecule has 1 unspecified atom stereocenters. The van der Waals surface area contributed by atoms with Crippen molar-refractivity contribution in [1.82, 2.24) is 4.90 Å². The van der Waals surface area contributed by atoms with E-state index in [4.69, 9.17) is 0 Å². The highest BCUT2D eigenvalue weighted by atomic mass is 32.1. The highest BCUT2D eigenvalue weighted by molar-refractivity contribution is 7.96. The second kappa shape index (κ2) is 7.25. The third kappa shape index (κ3) is 5.19. The summed E-state index contributed by atoms with van der Waals surface area (Å²) in [5.74, 6) is 0. The van der Waals surface area contributed by atoms with E-state index in [0.717, 1.165) is 32.2 Å². The van der Waals surface area contributed by atoms with Crippen LogP contribution in [0.5, 0.6) is 0 Å². The summed E-state index contributed by atoms with van der Waals surface area (Å²) in [7, 11) is 0. The van der Waals surface area contributed by atoms with Gasteiger partial charge in [-0.3, -0.25) is 4.79 Å². The van der Waals surface area contributed by atoms with Crippen LogP contribution in [-0.2, 0) is 0 Å². The molecule has 0 bridgehead atoms. The summed E-state index contributed by atoms with van der Waals surface area (Å²) in [4.78, 5) is 13.0. The Hall–Kier alpha value is -0.180. The highest BCUT2D eigenvalue weighted by Crippen LogP contribution is 2.10. The number of hydrogen-bond acceptors (Lipinski definition) is 1. The molecule has 1 amide bonds. The average Bonchev–Trinajstić information content (AvgIpc) is 2.05. The fourth-order valence-corrected chi connectivity index (χ4v) is 1.70. The summed E-state index contributed by atoms with van der Waals surface area (Å²) in [6.45, 7) is 7.20. The van der Waals surface area contributed by atoms with Crippen LogP contribution < -0.4 is 0 Å². The molecule has 2 nitrogen and oxygen atoms in total. The lowest BCUT2D eigenvalue weighted by Gasteiger charge is -2.27. The van der Waals surface area contributed by atoms with Crippen molar-refractivity contribution in [3.05, 3.63) is 0 Å². The fraction of sp³-hybridized carbons (Fsp3) is 0.900. The number of nitrogens with zero attached hydrogens (tertiary/aromatic N) is 1. The summed E-state index contributed by atoms with van der Waals surface area (Å²) in [5, 5.41) is -0.0885. The molecule has 0 saturated carbocycles. The molecule has 0 aliphatic heterocycles. The van der Waals surface area contributed by atoms with Gasteiger partial charge in [-0.1, -0.05) is 39.3 Å². The van der Waals surface area contributed by atoms with E-state index in [-0.39, 0.29) is 5.24 Å². The van der Waals surface area contributed by atoms with E-state index in [1.807, 2.05) is 4.90 Å². The quantitative estimate of drug-likeness (QED) is 0.657. The summed E-state index contributed by atoms with van der Waals surface area (Å²) in [5.41, 5.74) is 0. The van der Waals surface area contributed by atoms with Gasteiger partial charge in [0.1, 0.15) is 0 Å². The summed E-state index contributed by atoms with van der Waals surface area (Å²) in [6, 6.07) is 0.335. The normalized spacial score (nSPS) is 12.6. The molecule has 3 heteroatoms. The van der Waals surface area contributed by atoms with Crippen LogP contribution in [-0.4, -0.2) is 22.7 Å². The number of hydrogen-bond donors (Lipinski definition) is 1. The number of carbonyl (C=O) groups excluding carboxylic acids is 1. The van der Waals surface area contributed by atoms with E-state index in [9.17, 15) is 4.79 Å². The molecule has 0 saturated heterocycles. The molecule has 0 radical (unpaired) electrons. The van der Waals surface area contributed by atoms with Crippen molar-refractivity contribution in [1.29, 1.82) is 0 Å². The Bertz CT molecular complexity index is 150. The second-order valence-electron chi connectivity index (χ2n) is 3.47. The van der Waals surface area contributed by atoms with E-state index in [1.54, 1.807) is 0 Å². The van der Waals surface area contributed by atoms with Crippen LogP contribution in [0.15, 0.2) is 0 Å². The smallest absolute Gasteiger partial charge is 0.278 e. The van der Waals surface area contributed by atoms with Crippen LogP contribution in [0, 0.1) is 0 Å². The Kier molecular flexibility index (Phi) is 7.14. The standard InChI is InChI=1S/C10H21NOS/c1-4-6-8-11(10(12)13)9(3)7-5-2/h9H,4-8H2,1-3H3,(H,12,13). The first-order valence-corrected chi connectivity index (χ1v) is 5.57. The zero-order chi connectivity index (χ0) is 10.3. The van der Waals surface area contributed by atoms with Crippen molar-refractivity contribution in [2.75, 3.05) is 6.54 Å². The van der Waals surface area contributed by atoms with Gasteiger partial charge in [0.15, 0.2) is 0 Å². The predicted octanol–water partition coefficient (Wildman–Crippen LogP) is 3.33. The Morgan fingerprint density at radius 3 is 2.38 bits per heavy atom. The van der Waals surface area contributed by atoms with Gasteiger partial charge in [0, 0.05) is 12.6 Å². The SMILES string of the molecule is CCCCN(C(=O)S)C(C)CCC. The Balaban J connectivity index is 3.99. The Morgan fingerprint density at radius 2 is 2.00 bits per heavy atom. The van der Waals surface area contributed by atoms with Crippen LogP contribution in [0.25, 0.3) is 0 Å². The number of carbonyl (C=O) groups is 1. The third-order valence-corrected chi connectivity index (χ3v) is 2.49. The molecule has 0 fully saturated rings. The maximum Gasteiger partial charge on any atom is 0.278 e. The number of thiol groups is 1. The molecule has 78 valence electrons. The summed E-state index contributed by atoms with van der Waals surface area (Å²) < 4.78 is 0. The molecule has 0 aromatic heterocycles. The van der Waals surface area contributed by atoms with Gasteiger partial charge in [-0.2, -0.15) is 0 Å². The van der Waals surface area contributed by atoms with Gasteiger partial charge in [-0.05, 0) is 19.8 Å². The van der Waals surface area contributed by atoms with Gasteiger partial charge in [0.05, 0.1) is 0 Å². The van der Waals surface area contributed by atoms with Crippen molar-refractivity contribution >= 4 is 17.9 Å². The van der Waals surface area contributed by atoms with Crippen LogP contribution in [0.3, 0.4) is 0 Å². The van der Waals surface area contributed by atoms with E-state index >= 15 is 0 Å². The lowest BCUT2D eigenvalue weighted by molar-refractivity contribution is 0.199. The molecule has 13 heavy (non-hydrogen) atoms. The zero-order valence-corrected chi connectivity index (χ0v) is 9.81. The molecule has 0 N–H and O–H groups in total. The van der Waals surface area contributed by atoms with Crippen molar-refractivity contribution in [3.63, 3.8) is 0 Å². The van der Waals surface area contributed by atoms with Gasteiger partial charge in [0.25, 0.3) is 5.24 Å². The first-order chi connectivity index (χ1) is 6.13. The number of amides is 1. The van der Waals surface area contributed by atoms with Gasteiger partial charge in [-0.25, -0.2) is 0 Å². The second-order valence-corrected chi connectivity index (χ2v) is 3.85. The summed E-state index contributed by atoms with van der Waals surface area (Å²) in [6.07, 6.45) is 4.37. The average molecular weight is 203 g/mol. The molecule has 0 aliphatic rings. The third-order valence-electron chi connectivity index (χ3n) is 2.24. The first-order valence-electron chi connectivity index (χ1n) is 5.13. The molecule has 0 spiro atoms. The first kappa shape index (κ1) is 12.8. The summed E-state index contributed by atoms with van der Waals surface area (Å²) >= 11 is 3.89. The van der Waals surface area contributed by atoms with E-state index in [2.05, 4.69) is 33.4 Å². The van der Waals surface area contributed by atoms with Crippen molar-refractivity contribution in [3.8, 4) is 0 Å². The predicted molar refractivity (Wildman–Crippen MR) is 60.4 cm³/mol. The largest absolute Gasteiger partial charge is 0.331 e. The van der Waals surface area contributed by atoms with Crippen molar-refractivity contribution in [2.45, 2.75) is 52.5 Å². The van der Waals surface area contributed by atoms with Gasteiger partial charge < -0.3 is 4.90 Å². The minimum absolute atomic E-state index is 0.0885. The lowest BCUT2D eigenvalue weighted by atomic mass is 10.1. The lowest BCUT2D eigenvalue weighted by Crippen LogP contribution is -2.35. The topological polar surface area (TPSA) is 20.3 Å². The Labute approximate surface area is 87.1 Å². The fourth-order valence-electron chi connectivity index (χ4n) is 1.41. The van der Waals surface area contributed by atoms with Crippen LogP contribution in [0.1, 0.15) is 46.5 Å². The van der Waals surface area contributed by atoms with E-state index in [0.29, 0.717) is 6.04 Å². The minimum atomic E-state index is -0.0885. The number of unbranched alkanes of at least 4 members (excludes halogenated alkanes) is 1. The van der Waals surface area contributed by atoms with Gasteiger partial charge in [0.2, 0.25) is 0 Å². The van der Waals surface area contributed by atoms with Crippen LogP contribution >= 0.6 is 12.6 Å². The van der Waals surface area contributed by atoms with Crippen molar-refractivity contribution < 1.29 is 4.79 Å². The zero-order valence-electron chi connectivity index (χ0n) is 8.92. The molecule has 1 atom stereocenters. The maximum absolute atomic E-state index is 11.2. The molecular formula is C10H21NOS. The maximum atomic E-state index is 11.2. The van der Waals surface area contributed by atoms with Gasteiger partial charge in [-0.15, -0.1) is 0 Å². The molecule has 0 aromatic carbocycles. The van der Waals surface area contributed by atoms with Crippen molar-refractivity contribution in [2.24, 2.45) is 0 Å². The van der Waals surface area contributed by atoms with Gasteiger partial charge >= 0.3 is 0 Å². The van der Waals surface area contributed by atoms with E-state index < -0.39 is 0 Å². The molecule has 0 aliphatic carbocycles. The highest BCUT2D eigenvalue weighted by Gasteiger charge is 2.15. The Morgan fingerprint density at radius 1 is 1.38 bits per heavy atom. The molecule has 0 rings (SSSR count). The minimum Gasteiger partial charge on any atom is -0.331 e. The molecular weight excluding hydrogens is 182 g/mol.